The molecule has 0 amide bonds. The highest BCUT2D eigenvalue weighted by molar-refractivity contribution is 7.11. The number of fused-ring (bicyclic) bond motifs is 1. The lowest BCUT2D eigenvalue weighted by Crippen LogP contribution is -2.22. The first-order valence-corrected chi connectivity index (χ1v) is 8.63. The Bertz CT molecular complexity index is 620. The van der Waals surface area contributed by atoms with Crippen molar-refractivity contribution >= 4 is 11.3 Å². The van der Waals surface area contributed by atoms with Gasteiger partial charge in [-0.2, -0.15) is 0 Å². The maximum Gasteiger partial charge on any atom is 0.134 e. The van der Waals surface area contributed by atoms with E-state index in [-0.39, 0.29) is 6.04 Å². The molecule has 2 aromatic rings. The van der Waals surface area contributed by atoms with Gasteiger partial charge in [-0.3, -0.25) is 0 Å². The smallest absolute Gasteiger partial charge is 0.134 e. The summed E-state index contributed by atoms with van der Waals surface area (Å²) in [5.74, 6) is 0. The van der Waals surface area contributed by atoms with E-state index in [0.717, 1.165) is 10.0 Å². The molecule has 3 rings (SSSR count). The molecule has 1 aliphatic rings. The summed E-state index contributed by atoms with van der Waals surface area (Å²) in [4.78, 5) is 0. The lowest BCUT2D eigenvalue weighted by molar-refractivity contribution is 0.490. The van der Waals surface area contributed by atoms with Crippen LogP contribution in [0.4, 0.5) is 0 Å². The van der Waals surface area contributed by atoms with Gasteiger partial charge in [0.1, 0.15) is 10.0 Å². The molecule has 0 fully saturated rings. The molecule has 1 N–H and O–H groups in total. The van der Waals surface area contributed by atoms with Gasteiger partial charge in [0, 0.05) is 6.04 Å². The minimum atomic E-state index is 0.238. The van der Waals surface area contributed by atoms with E-state index in [1.165, 1.54) is 31.2 Å². The summed E-state index contributed by atoms with van der Waals surface area (Å²) < 4.78 is 0. The normalized spacial score (nSPS) is 17.3. The number of rotatable bonds is 4. The van der Waals surface area contributed by atoms with E-state index in [1.54, 1.807) is 22.5 Å². The highest BCUT2D eigenvalue weighted by Crippen LogP contribution is 2.26. The number of nitrogens with one attached hydrogen (secondary N) is 1. The zero-order chi connectivity index (χ0) is 14.8. The predicted octanol–water partition coefficient (Wildman–Crippen LogP) is 4.14. The standard InChI is InChI=1S/C17H23N3S/c1-11(18-12(2)17-20-19-13(3)21-17)15-9-8-14-6-4-5-7-16(14)10-15/h8-12,18H,4-7H2,1-3H3/t11-,12+/m0/s1. The quantitative estimate of drug-likeness (QED) is 0.922. The summed E-state index contributed by atoms with van der Waals surface area (Å²) in [5.41, 5.74) is 4.47. The Morgan fingerprint density at radius 3 is 2.52 bits per heavy atom. The monoisotopic (exact) mass is 301 g/mol. The van der Waals surface area contributed by atoms with Gasteiger partial charge in [0.25, 0.3) is 0 Å². The largest absolute Gasteiger partial charge is 0.301 e. The van der Waals surface area contributed by atoms with Gasteiger partial charge in [0.05, 0.1) is 6.04 Å². The van der Waals surface area contributed by atoms with Crippen molar-refractivity contribution < 1.29 is 0 Å². The van der Waals surface area contributed by atoms with Gasteiger partial charge in [0.2, 0.25) is 0 Å². The lowest BCUT2D eigenvalue weighted by Gasteiger charge is -2.22. The van der Waals surface area contributed by atoms with Crippen molar-refractivity contribution in [1.29, 1.82) is 0 Å². The Morgan fingerprint density at radius 2 is 1.81 bits per heavy atom. The molecule has 0 radical (unpaired) electrons. The molecule has 21 heavy (non-hydrogen) atoms. The Balaban J connectivity index is 1.71. The molecule has 1 aromatic heterocycles. The predicted molar refractivity (Wildman–Crippen MR) is 87.7 cm³/mol. The summed E-state index contributed by atoms with van der Waals surface area (Å²) in [6, 6.07) is 7.56. The van der Waals surface area contributed by atoms with Crippen molar-refractivity contribution in [3.05, 3.63) is 44.9 Å². The molecule has 2 atom stereocenters. The van der Waals surface area contributed by atoms with Gasteiger partial charge in [-0.15, -0.1) is 21.5 Å². The zero-order valence-corrected chi connectivity index (χ0v) is 13.8. The van der Waals surface area contributed by atoms with Crippen LogP contribution in [-0.4, -0.2) is 10.2 Å². The van der Waals surface area contributed by atoms with E-state index in [1.807, 2.05) is 6.92 Å². The van der Waals surface area contributed by atoms with Crippen molar-refractivity contribution in [2.24, 2.45) is 0 Å². The van der Waals surface area contributed by atoms with Crippen molar-refractivity contribution in [3.63, 3.8) is 0 Å². The molecule has 0 bridgehead atoms. The van der Waals surface area contributed by atoms with Gasteiger partial charge in [-0.25, -0.2) is 0 Å². The first-order valence-electron chi connectivity index (χ1n) is 7.81. The minimum Gasteiger partial charge on any atom is -0.301 e. The molecule has 4 heteroatoms. The second-order valence-electron chi connectivity index (χ2n) is 6.00. The van der Waals surface area contributed by atoms with Crippen LogP contribution in [0, 0.1) is 6.92 Å². The Hall–Kier alpha value is -1.26. The van der Waals surface area contributed by atoms with Gasteiger partial charge in [0.15, 0.2) is 0 Å². The summed E-state index contributed by atoms with van der Waals surface area (Å²) in [7, 11) is 0. The lowest BCUT2D eigenvalue weighted by atomic mass is 9.89. The summed E-state index contributed by atoms with van der Waals surface area (Å²) in [6.07, 6.45) is 5.16. The van der Waals surface area contributed by atoms with E-state index in [4.69, 9.17) is 0 Å². The average molecular weight is 301 g/mol. The second kappa shape index (κ2) is 6.24. The van der Waals surface area contributed by atoms with E-state index in [2.05, 4.69) is 47.6 Å². The van der Waals surface area contributed by atoms with Crippen LogP contribution in [0.3, 0.4) is 0 Å². The molecule has 1 aromatic carbocycles. The van der Waals surface area contributed by atoms with Gasteiger partial charge in [-0.05, 0) is 63.1 Å². The maximum absolute atomic E-state index is 4.24. The second-order valence-corrected chi connectivity index (χ2v) is 7.22. The average Bonchev–Trinajstić information content (AvgIpc) is 2.93. The van der Waals surface area contributed by atoms with Crippen molar-refractivity contribution in [3.8, 4) is 0 Å². The fourth-order valence-electron chi connectivity index (χ4n) is 3.05. The first kappa shape index (κ1) is 14.7. The number of nitrogens with zero attached hydrogens (tertiary/aromatic N) is 2. The summed E-state index contributed by atoms with van der Waals surface area (Å²) in [6.45, 7) is 6.39. The topological polar surface area (TPSA) is 37.8 Å². The Labute approximate surface area is 130 Å². The molecule has 0 aliphatic heterocycles. The highest BCUT2D eigenvalue weighted by Gasteiger charge is 2.16. The van der Waals surface area contributed by atoms with Crippen LogP contribution >= 0.6 is 11.3 Å². The molecule has 1 aliphatic carbocycles. The zero-order valence-electron chi connectivity index (χ0n) is 13.0. The van der Waals surface area contributed by atoms with Gasteiger partial charge in [-0.1, -0.05) is 18.2 Å². The van der Waals surface area contributed by atoms with E-state index in [0.29, 0.717) is 6.04 Å². The van der Waals surface area contributed by atoms with Crippen molar-refractivity contribution in [2.75, 3.05) is 0 Å². The van der Waals surface area contributed by atoms with Gasteiger partial charge >= 0.3 is 0 Å². The molecule has 112 valence electrons. The molecule has 0 unspecified atom stereocenters. The Morgan fingerprint density at radius 1 is 1.05 bits per heavy atom. The highest BCUT2D eigenvalue weighted by atomic mass is 32.1. The summed E-state index contributed by atoms with van der Waals surface area (Å²) >= 11 is 1.67. The van der Waals surface area contributed by atoms with Crippen LogP contribution in [0.5, 0.6) is 0 Å². The first-order chi connectivity index (χ1) is 10.1. The van der Waals surface area contributed by atoms with Crippen LogP contribution in [0.15, 0.2) is 18.2 Å². The third-order valence-corrected chi connectivity index (χ3v) is 5.31. The van der Waals surface area contributed by atoms with Crippen LogP contribution in [-0.2, 0) is 12.8 Å². The summed E-state index contributed by atoms with van der Waals surface area (Å²) in [5, 5.41) is 14.1. The maximum atomic E-state index is 4.24. The molecule has 0 saturated carbocycles. The third-order valence-electron chi connectivity index (χ3n) is 4.28. The van der Waals surface area contributed by atoms with Crippen LogP contribution < -0.4 is 5.32 Å². The molecule has 0 saturated heterocycles. The van der Waals surface area contributed by atoms with Gasteiger partial charge < -0.3 is 5.32 Å². The fourth-order valence-corrected chi connectivity index (χ4v) is 3.76. The van der Waals surface area contributed by atoms with Crippen molar-refractivity contribution in [2.45, 2.75) is 58.5 Å². The molecule has 0 spiro atoms. The van der Waals surface area contributed by atoms with Crippen LogP contribution in [0.1, 0.15) is 65.5 Å². The minimum absolute atomic E-state index is 0.238. The fraction of sp³-hybridized carbons (Fsp3) is 0.529. The third kappa shape index (κ3) is 3.33. The molecular weight excluding hydrogens is 278 g/mol. The Kier molecular flexibility index (Phi) is 4.36. The molecular formula is C17H23N3S. The number of benzene rings is 1. The SMILES string of the molecule is Cc1nnc([C@@H](C)N[C@@H](C)c2ccc3c(c2)CCCC3)s1. The number of hydrogen-bond donors (Lipinski definition) is 1. The molecule has 1 heterocycles. The number of hydrogen-bond acceptors (Lipinski definition) is 4. The van der Waals surface area contributed by atoms with Crippen LogP contribution in [0.25, 0.3) is 0 Å². The van der Waals surface area contributed by atoms with Crippen LogP contribution in [0.2, 0.25) is 0 Å². The van der Waals surface area contributed by atoms with E-state index >= 15 is 0 Å². The number of aromatic nitrogens is 2. The van der Waals surface area contributed by atoms with E-state index < -0.39 is 0 Å². The van der Waals surface area contributed by atoms with E-state index in [9.17, 15) is 0 Å². The number of aryl methyl sites for hydroxylation is 3. The molecule has 3 nitrogen and oxygen atoms in total. The van der Waals surface area contributed by atoms with Crippen molar-refractivity contribution in [1.82, 2.24) is 15.5 Å².